The smallest absolute Gasteiger partial charge is 0.261 e. The first-order valence-corrected chi connectivity index (χ1v) is 3.48. The van der Waals surface area contributed by atoms with E-state index in [1.54, 1.807) is 0 Å². The van der Waals surface area contributed by atoms with Crippen molar-refractivity contribution >= 4 is 0 Å². The highest BCUT2D eigenvalue weighted by Gasteiger charge is 2.00. The molecule has 0 heterocycles. The number of rotatable bonds is 6. The Kier molecular flexibility index (Phi) is 6.81. The fourth-order valence-electron chi connectivity index (χ4n) is 0.512. The number of hydrogen-bond donors (Lipinski definition) is 0. The second kappa shape index (κ2) is 6.93. The Morgan fingerprint density at radius 2 is 2.20 bits per heavy atom. The molecule has 0 saturated heterocycles. The third-order valence-corrected chi connectivity index (χ3v) is 1.02. The van der Waals surface area contributed by atoms with Gasteiger partial charge in [0.25, 0.3) is 6.43 Å². The number of hydrogen-bond acceptors (Lipinski definition) is 1. The van der Waals surface area contributed by atoms with Gasteiger partial charge >= 0.3 is 0 Å². The highest BCUT2D eigenvalue weighted by Crippen LogP contribution is 2.00. The Labute approximate surface area is 60.4 Å². The van der Waals surface area contributed by atoms with Crippen molar-refractivity contribution in [2.75, 3.05) is 6.61 Å². The zero-order chi connectivity index (χ0) is 7.82. The molecule has 0 N–H and O–H groups in total. The second-order valence-corrected chi connectivity index (χ2v) is 2.03. The molecule has 0 bridgehead atoms. The molecule has 0 unspecified atom stereocenters. The van der Waals surface area contributed by atoms with Gasteiger partial charge < -0.3 is 4.74 Å². The first-order valence-electron chi connectivity index (χ1n) is 3.48. The lowest BCUT2D eigenvalue weighted by Gasteiger charge is -2.00. The first kappa shape index (κ1) is 9.82. The van der Waals surface area contributed by atoms with Crippen molar-refractivity contribution in [2.45, 2.75) is 32.6 Å². The quantitative estimate of drug-likeness (QED) is 0.530. The average Bonchev–Trinajstić information content (AvgIpc) is 1.87. The van der Waals surface area contributed by atoms with Gasteiger partial charge in [-0.2, -0.15) is 0 Å². The third-order valence-electron chi connectivity index (χ3n) is 1.02. The standard InChI is InChI=1S/C7H13F2O/c1-2-3-4-5-10-6-7(8)9/h5,7H,2-4,6H2,1H3. The molecule has 0 aliphatic rings. The Balaban J connectivity index is 2.77. The molecule has 0 amide bonds. The molecule has 0 spiro atoms. The van der Waals surface area contributed by atoms with Gasteiger partial charge in [-0.25, -0.2) is 8.78 Å². The summed E-state index contributed by atoms with van der Waals surface area (Å²) in [6.07, 6.45) is 0.485. The van der Waals surface area contributed by atoms with Crippen LogP contribution in [0.1, 0.15) is 26.2 Å². The van der Waals surface area contributed by atoms with Crippen LogP contribution in [-0.2, 0) is 4.74 Å². The molecule has 0 aliphatic heterocycles. The summed E-state index contributed by atoms with van der Waals surface area (Å²) in [6.45, 7) is 3.03. The summed E-state index contributed by atoms with van der Waals surface area (Å²) in [5, 5.41) is 0. The molecule has 1 nitrogen and oxygen atoms in total. The molecular weight excluding hydrogens is 138 g/mol. The van der Waals surface area contributed by atoms with Crippen LogP contribution in [0.25, 0.3) is 0 Å². The molecule has 10 heavy (non-hydrogen) atoms. The Morgan fingerprint density at radius 1 is 1.50 bits per heavy atom. The van der Waals surface area contributed by atoms with Crippen molar-refractivity contribution in [3.63, 3.8) is 0 Å². The second-order valence-electron chi connectivity index (χ2n) is 2.03. The van der Waals surface area contributed by atoms with Crippen molar-refractivity contribution in [1.82, 2.24) is 0 Å². The maximum atomic E-state index is 11.4. The van der Waals surface area contributed by atoms with Crippen molar-refractivity contribution in [1.29, 1.82) is 0 Å². The molecule has 0 aromatic carbocycles. The van der Waals surface area contributed by atoms with Gasteiger partial charge in [0.2, 0.25) is 0 Å². The summed E-state index contributed by atoms with van der Waals surface area (Å²) in [5.74, 6) is 0. The van der Waals surface area contributed by atoms with E-state index >= 15 is 0 Å². The molecule has 0 aromatic rings. The minimum atomic E-state index is -2.35. The minimum absolute atomic E-state index is 0.469. The first-order chi connectivity index (χ1) is 4.77. The highest BCUT2D eigenvalue weighted by atomic mass is 19.3. The number of halogens is 2. The molecule has 0 aliphatic carbocycles. The number of ether oxygens (including phenoxy) is 1. The lowest BCUT2D eigenvalue weighted by Crippen LogP contribution is -2.01. The summed E-state index contributed by atoms with van der Waals surface area (Å²) >= 11 is 0. The maximum Gasteiger partial charge on any atom is 0.261 e. The molecule has 0 aromatic heterocycles. The van der Waals surface area contributed by atoms with E-state index in [-0.39, 0.29) is 0 Å². The lowest BCUT2D eigenvalue weighted by atomic mass is 10.3. The van der Waals surface area contributed by atoms with Crippen LogP contribution in [0.15, 0.2) is 0 Å². The van der Waals surface area contributed by atoms with E-state index in [4.69, 9.17) is 0 Å². The minimum Gasteiger partial charge on any atom is -0.370 e. The van der Waals surface area contributed by atoms with Crippen molar-refractivity contribution < 1.29 is 13.5 Å². The van der Waals surface area contributed by atoms with Gasteiger partial charge in [0, 0.05) is 0 Å². The van der Waals surface area contributed by atoms with Gasteiger partial charge in [-0.05, 0) is 6.42 Å². The third kappa shape index (κ3) is 7.82. The Hall–Kier alpha value is -0.180. The molecule has 0 fully saturated rings. The Morgan fingerprint density at radius 3 is 2.70 bits per heavy atom. The fourth-order valence-corrected chi connectivity index (χ4v) is 0.512. The van der Waals surface area contributed by atoms with Crippen LogP contribution in [0.5, 0.6) is 0 Å². The van der Waals surface area contributed by atoms with E-state index in [0.29, 0.717) is 0 Å². The number of alkyl halides is 2. The van der Waals surface area contributed by atoms with Crippen LogP contribution in [0.4, 0.5) is 8.78 Å². The van der Waals surface area contributed by atoms with Gasteiger partial charge in [-0.3, -0.25) is 0 Å². The monoisotopic (exact) mass is 151 g/mol. The van der Waals surface area contributed by atoms with Crippen molar-refractivity contribution in [3.8, 4) is 0 Å². The van der Waals surface area contributed by atoms with Gasteiger partial charge in [0.1, 0.15) is 6.61 Å². The van der Waals surface area contributed by atoms with Crippen LogP contribution < -0.4 is 0 Å². The highest BCUT2D eigenvalue weighted by molar-refractivity contribution is 4.50. The van der Waals surface area contributed by atoms with Crippen LogP contribution in [0.3, 0.4) is 0 Å². The normalized spacial score (nSPS) is 10.8. The van der Waals surface area contributed by atoms with E-state index in [2.05, 4.69) is 4.74 Å². The molecule has 0 atom stereocenters. The van der Waals surface area contributed by atoms with E-state index in [1.807, 2.05) is 6.92 Å². The van der Waals surface area contributed by atoms with E-state index < -0.39 is 13.0 Å². The molecular formula is C7H13F2O. The van der Waals surface area contributed by atoms with Gasteiger partial charge in [0.05, 0.1) is 6.61 Å². The molecule has 0 saturated carbocycles. The van der Waals surface area contributed by atoms with Crippen molar-refractivity contribution in [3.05, 3.63) is 6.61 Å². The summed E-state index contributed by atoms with van der Waals surface area (Å²) in [4.78, 5) is 0. The molecule has 1 radical (unpaired) electrons. The molecule has 0 rings (SSSR count). The predicted molar refractivity (Wildman–Crippen MR) is 35.8 cm³/mol. The lowest BCUT2D eigenvalue weighted by molar-refractivity contribution is 0.0416. The maximum absolute atomic E-state index is 11.4. The fraction of sp³-hybridized carbons (Fsp3) is 0.857. The van der Waals surface area contributed by atoms with Crippen LogP contribution >= 0.6 is 0 Å². The van der Waals surface area contributed by atoms with E-state index in [1.165, 1.54) is 6.61 Å². The summed E-state index contributed by atoms with van der Waals surface area (Å²) < 4.78 is 27.3. The van der Waals surface area contributed by atoms with Crippen molar-refractivity contribution in [2.24, 2.45) is 0 Å². The summed E-state index contributed by atoms with van der Waals surface area (Å²) in [7, 11) is 0. The zero-order valence-electron chi connectivity index (χ0n) is 6.15. The van der Waals surface area contributed by atoms with Gasteiger partial charge in [0.15, 0.2) is 0 Å². The van der Waals surface area contributed by atoms with Crippen LogP contribution in [0.2, 0.25) is 0 Å². The zero-order valence-corrected chi connectivity index (χ0v) is 6.15. The van der Waals surface area contributed by atoms with E-state index in [0.717, 1.165) is 19.3 Å². The number of unbranched alkanes of at least 4 members (excludes halogenated alkanes) is 2. The van der Waals surface area contributed by atoms with Gasteiger partial charge in [-0.1, -0.05) is 19.8 Å². The topological polar surface area (TPSA) is 9.23 Å². The average molecular weight is 151 g/mol. The predicted octanol–water partition coefficient (Wildman–Crippen LogP) is 2.62. The summed E-state index contributed by atoms with van der Waals surface area (Å²) in [5.41, 5.74) is 0. The van der Waals surface area contributed by atoms with Crippen LogP contribution in [0, 0.1) is 6.61 Å². The summed E-state index contributed by atoms with van der Waals surface area (Å²) in [6, 6.07) is 0. The van der Waals surface area contributed by atoms with E-state index in [9.17, 15) is 8.78 Å². The largest absolute Gasteiger partial charge is 0.370 e. The Bertz CT molecular complexity index is 66.6. The van der Waals surface area contributed by atoms with Crippen LogP contribution in [-0.4, -0.2) is 13.0 Å². The molecule has 3 heteroatoms. The molecule has 61 valence electrons. The van der Waals surface area contributed by atoms with Gasteiger partial charge in [-0.15, -0.1) is 0 Å². The SMILES string of the molecule is CCCC[CH]OCC(F)F.